The molecule has 2 N–H and O–H groups in total. The van der Waals surface area contributed by atoms with Crippen molar-refractivity contribution in [3.05, 3.63) is 59.7 Å². The maximum Gasteiger partial charge on any atom is 0.317 e. The van der Waals surface area contributed by atoms with Crippen LogP contribution in [0.5, 0.6) is 11.5 Å². The van der Waals surface area contributed by atoms with Gasteiger partial charge in [-0.3, -0.25) is 4.79 Å². The van der Waals surface area contributed by atoms with Gasteiger partial charge in [0.15, 0.2) is 16.6 Å². The highest BCUT2D eigenvalue weighted by atomic mass is 32.1. The summed E-state index contributed by atoms with van der Waals surface area (Å²) in [5, 5.41) is 6.88. The van der Waals surface area contributed by atoms with E-state index in [-0.39, 0.29) is 12.6 Å². The summed E-state index contributed by atoms with van der Waals surface area (Å²) in [7, 11) is 0. The van der Waals surface area contributed by atoms with Crippen molar-refractivity contribution < 1.29 is 19.0 Å². The minimum atomic E-state index is -1.19. The maximum atomic E-state index is 13.1. The molecule has 28 heavy (non-hydrogen) atoms. The predicted molar refractivity (Wildman–Crippen MR) is 108 cm³/mol. The molecule has 0 radical (unpaired) electrons. The molecule has 2 aliphatic rings. The molecule has 1 saturated heterocycles. The zero-order chi connectivity index (χ0) is 19.7. The van der Waals surface area contributed by atoms with E-state index in [1.807, 2.05) is 55.5 Å². The molecule has 2 aromatic carbocycles. The summed E-state index contributed by atoms with van der Waals surface area (Å²) in [5.41, 5.74) is 0.416. The fourth-order valence-corrected chi connectivity index (χ4v) is 4.21. The summed E-state index contributed by atoms with van der Waals surface area (Å²) >= 11 is 5.46. The minimum Gasteiger partial charge on any atom is -0.490 e. The van der Waals surface area contributed by atoms with Gasteiger partial charge in [-0.05, 0) is 32.1 Å². The summed E-state index contributed by atoms with van der Waals surface area (Å²) in [5.74, 6) is 0.197. The van der Waals surface area contributed by atoms with Crippen LogP contribution in [0.4, 0.5) is 0 Å². The van der Waals surface area contributed by atoms with Crippen molar-refractivity contribution in [1.29, 1.82) is 0 Å². The molecule has 0 amide bonds. The molecule has 146 valence electrons. The average molecular weight is 398 g/mol. The first-order valence-corrected chi connectivity index (χ1v) is 9.77. The zero-order valence-electron chi connectivity index (χ0n) is 15.7. The van der Waals surface area contributed by atoms with Crippen molar-refractivity contribution in [2.45, 2.75) is 25.6 Å². The van der Waals surface area contributed by atoms with E-state index in [0.29, 0.717) is 23.2 Å². The highest BCUT2D eigenvalue weighted by molar-refractivity contribution is 7.80. The number of hydrogen-bond acceptors (Lipinski definition) is 5. The Morgan fingerprint density at radius 1 is 1.14 bits per heavy atom. The molecule has 2 aromatic rings. The van der Waals surface area contributed by atoms with E-state index in [9.17, 15) is 4.79 Å². The number of benzene rings is 2. The maximum absolute atomic E-state index is 13.1. The van der Waals surface area contributed by atoms with E-state index >= 15 is 0 Å². The van der Waals surface area contributed by atoms with Crippen molar-refractivity contribution in [1.82, 2.24) is 10.6 Å². The number of carbonyl (C=O) groups excluding carboxylic acids is 1. The standard InChI is InChI=1S/C21H22N2O4S/c1-3-25-15-12-8-11-14-17-16(19(24)26-4-2)21(27-18(14)15,23-20(28)22-17)13-9-6-5-7-10-13/h5-12,16-17H,3-4H2,1-2H3,(H2,22,23,28)/t16-,17+,21+/m1/s1. The fourth-order valence-electron chi connectivity index (χ4n) is 3.94. The van der Waals surface area contributed by atoms with Gasteiger partial charge in [0.05, 0.1) is 19.3 Å². The number of para-hydroxylation sites is 1. The zero-order valence-corrected chi connectivity index (χ0v) is 16.5. The van der Waals surface area contributed by atoms with Crippen LogP contribution in [0, 0.1) is 5.92 Å². The lowest BCUT2D eigenvalue weighted by Crippen LogP contribution is -2.69. The first-order valence-electron chi connectivity index (χ1n) is 9.36. The lowest BCUT2D eigenvalue weighted by molar-refractivity contribution is -0.165. The average Bonchev–Trinajstić information content (AvgIpc) is 2.69. The van der Waals surface area contributed by atoms with Crippen molar-refractivity contribution in [2.24, 2.45) is 5.92 Å². The van der Waals surface area contributed by atoms with Crippen LogP contribution in [0.15, 0.2) is 48.5 Å². The molecule has 7 heteroatoms. The van der Waals surface area contributed by atoms with E-state index in [2.05, 4.69) is 10.6 Å². The third kappa shape index (κ3) is 2.86. The third-order valence-corrected chi connectivity index (χ3v) is 5.23. The van der Waals surface area contributed by atoms with Crippen LogP contribution >= 0.6 is 12.2 Å². The Kier molecular flexibility index (Phi) is 4.85. The Balaban J connectivity index is 1.95. The first-order chi connectivity index (χ1) is 13.6. The van der Waals surface area contributed by atoms with Gasteiger partial charge in [-0.15, -0.1) is 0 Å². The van der Waals surface area contributed by atoms with Crippen molar-refractivity contribution >= 4 is 23.3 Å². The Morgan fingerprint density at radius 2 is 1.93 bits per heavy atom. The van der Waals surface area contributed by atoms with Gasteiger partial charge in [0.2, 0.25) is 5.72 Å². The van der Waals surface area contributed by atoms with Gasteiger partial charge in [-0.1, -0.05) is 42.5 Å². The Labute approximate surface area is 169 Å². The van der Waals surface area contributed by atoms with Crippen LogP contribution in [0.1, 0.15) is 31.0 Å². The van der Waals surface area contributed by atoms with E-state index in [1.165, 1.54) is 0 Å². The van der Waals surface area contributed by atoms with Crippen LogP contribution in [0.25, 0.3) is 0 Å². The molecule has 2 bridgehead atoms. The number of hydrogen-bond donors (Lipinski definition) is 2. The molecule has 2 aliphatic heterocycles. The van der Waals surface area contributed by atoms with E-state index in [0.717, 1.165) is 11.1 Å². The van der Waals surface area contributed by atoms with Gasteiger partial charge >= 0.3 is 5.97 Å². The van der Waals surface area contributed by atoms with E-state index < -0.39 is 17.7 Å². The van der Waals surface area contributed by atoms with Gasteiger partial charge in [0.1, 0.15) is 5.92 Å². The van der Waals surface area contributed by atoms with Crippen LogP contribution < -0.4 is 20.1 Å². The molecular weight excluding hydrogens is 376 g/mol. The van der Waals surface area contributed by atoms with Crippen LogP contribution in [-0.2, 0) is 15.3 Å². The molecular formula is C21H22N2O4S. The monoisotopic (exact) mass is 398 g/mol. The summed E-state index contributed by atoms with van der Waals surface area (Å²) in [6, 6.07) is 14.8. The van der Waals surface area contributed by atoms with Crippen molar-refractivity contribution in [3.63, 3.8) is 0 Å². The van der Waals surface area contributed by atoms with Gasteiger partial charge in [-0.25, -0.2) is 0 Å². The lowest BCUT2D eigenvalue weighted by Gasteiger charge is -2.52. The molecule has 0 unspecified atom stereocenters. The highest BCUT2D eigenvalue weighted by Gasteiger charge is 2.59. The number of fused-ring (bicyclic) bond motifs is 4. The molecule has 4 rings (SSSR count). The number of esters is 1. The molecule has 2 heterocycles. The van der Waals surface area contributed by atoms with Gasteiger partial charge < -0.3 is 24.8 Å². The quantitative estimate of drug-likeness (QED) is 0.593. The third-order valence-electron chi connectivity index (χ3n) is 5.01. The van der Waals surface area contributed by atoms with Crippen molar-refractivity contribution in [2.75, 3.05) is 13.2 Å². The predicted octanol–water partition coefficient (Wildman–Crippen LogP) is 3.03. The highest BCUT2D eigenvalue weighted by Crippen LogP contribution is 2.52. The molecule has 0 aliphatic carbocycles. The Morgan fingerprint density at radius 3 is 2.64 bits per heavy atom. The van der Waals surface area contributed by atoms with Gasteiger partial charge in [-0.2, -0.15) is 0 Å². The largest absolute Gasteiger partial charge is 0.490 e. The van der Waals surface area contributed by atoms with E-state index in [1.54, 1.807) is 6.92 Å². The second-order valence-electron chi connectivity index (χ2n) is 6.62. The number of thiocarbonyl (C=S) groups is 1. The van der Waals surface area contributed by atoms with Crippen molar-refractivity contribution in [3.8, 4) is 11.5 Å². The molecule has 0 saturated carbocycles. The number of carbonyl (C=O) groups is 1. The summed E-state index contributed by atoms with van der Waals surface area (Å²) in [6.45, 7) is 4.49. The summed E-state index contributed by atoms with van der Waals surface area (Å²) in [4.78, 5) is 13.1. The molecule has 3 atom stereocenters. The molecule has 1 fully saturated rings. The molecule has 0 spiro atoms. The number of rotatable bonds is 5. The second-order valence-corrected chi connectivity index (χ2v) is 7.03. The summed E-state index contributed by atoms with van der Waals surface area (Å²) in [6.07, 6.45) is 0. The second kappa shape index (κ2) is 7.31. The van der Waals surface area contributed by atoms with Crippen LogP contribution in [0.2, 0.25) is 0 Å². The summed E-state index contributed by atoms with van der Waals surface area (Å²) < 4.78 is 17.8. The number of nitrogens with one attached hydrogen (secondary N) is 2. The van der Waals surface area contributed by atoms with Gasteiger partial charge in [0.25, 0.3) is 0 Å². The number of ether oxygens (including phenoxy) is 3. The lowest BCUT2D eigenvalue weighted by atomic mass is 9.76. The molecule has 0 aromatic heterocycles. The smallest absolute Gasteiger partial charge is 0.317 e. The SMILES string of the molecule is CCOC(=O)[C@H]1[C@H]2NC(=S)N[C@@]1(c1ccccc1)Oc1c(OCC)cccc12. The van der Waals surface area contributed by atoms with Crippen LogP contribution in [0.3, 0.4) is 0 Å². The molecule has 6 nitrogen and oxygen atoms in total. The van der Waals surface area contributed by atoms with Crippen LogP contribution in [-0.4, -0.2) is 24.3 Å². The Hall–Kier alpha value is -2.80. The van der Waals surface area contributed by atoms with E-state index in [4.69, 9.17) is 26.4 Å². The Bertz CT molecular complexity index is 905. The first kappa shape index (κ1) is 18.6. The minimum absolute atomic E-state index is 0.281. The van der Waals surface area contributed by atoms with Gasteiger partial charge in [0, 0.05) is 11.1 Å². The normalized spacial score (nSPS) is 24.9. The topological polar surface area (TPSA) is 68.8 Å². The fraction of sp³-hybridized carbons (Fsp3) is 0.333.